The smallest absolute Gasteiger partial charge is 0.166 e. The molecule has 1 aromatic carbocycles. The van der Waals surface area contributed by atoms with Gasteiger partial charge in [0, 0.05) is 12.1 Å². The minimum Gasteiger partial charge on any atom is -0.486 e. The Morgan fingerprint density at radius 1 is 1.16 bits per heavy atom. The number of nitrogens with zero attached hydrogens (tertiary/aromatic N) is 1. The number of aromatic nitrogens is 1. The molecule has 0 unspecified atom stereocenters. The molecule has 0 bridgehead atoms. The third kappa shape index (κ3) is 2.74. The molecule has 0 atom stereocenters. The quantitative estimate of drug-likeness (QED) is 0.875. The molecule has 5 heteroatoms. The summed E-state index contributed by atoms with van der Waals surface area (Å²) >= 11 is 5.75. The summed E-state index contributed by atoms with van der Waals surface area (Å²) in [4.78, 5) is 4.03. The molecule has 4 nitrogen and oxygen atoms in total. The van der Waals surface area contributed by atoms with Crippen molar-refractivity contribution in [2.45, 2.75) is 6.54 Å². The van der Waals surface area contributed by atoms with E-state index >= 15 is 0 Å². The SMILES string of the molecule is Clc1ccc(NCc2cccc3c2OCCO3)cn1. The topological polar surface area (TPSA) is 43.4 Å². The highest BCUT2D eigenvalue weighted by Crippen LogP contribution is 2.33. The second-order valence-corrected chi connectivity index (χ2v) is 4.55. The van der Waals surface area contributed by atoms with Crippen molar-refractivity contribution in [2.75, 3.05) is 18.5 Å². The van der Waals surface area contributed by atoms with Crippen LogP contribution in [0.15, 0.2) is 36.5 Å². The number of nitrogens with one attached hydrogen (secondary N) is 1. The molecular formula is C14H13ClN2O2. The molecule has 0 spiro atoms. The summed E-state index contributed by atoms with van der Waals surface area (Å²) in [6.45, 7) is 1.84. The van der Waals surface area contributed by atoms with Crippen LogP contribution in [-0.4, -0.2) is 18.2 Å². The van der Waals surface area contributed by atoms with Gasteiger partial charge in [-0.15, -0.1) is 0 Å². The molecule has 19 heavy (non-hydrogen) atoms. The standard InChI is InChI=1S/C14H13ClN2O2/c15-13-5-4-11(9-17-13)16-8-10-2-1-3-12-14(10)19-7-6-18-12/h1-5,9,16H,6-8H2. The van der Waals surface area contributed by atoms with Crippen LogP contribution in [0, 0.1) is 0 Å². The monoisotopic (exact) mass is 276 g/mol. The number of ether oxygens (including phenoxy) is 2. The number of halogens is 1. The molecule has 2 heterocycles. The Balaban J connectivity index is 1.75. The Hall–Kier alpha value is -1.94. The number of hydrogen-bond acceptors (Lipinski definition) is 4. The molecule has 2 aromatic rings. The van der Waals surface area contributed by atoms with Gasteiger partial charge in [-0.2, -0.15) is 0 Å². The summed E-state index contributed by atoms with van der Waals surface area (Å²) in [5, 5.41) is 3.77. The largest absolute Gasteiger partial charge is 0.486 e. The summed E-state index contributed by atoms with van der Waals surface area (Å²) in [5.41, 5.74) is 1.98. The minimum atomic E-state index is 0.486. The molecule has 1 aliphatic rings. The van der Waals surface area contributed by atoms with Gasteiger partial charge in [0.05, 0.1) is 11.9 Å². The molecule has 0 saturated heterocycles. The first-order chi connectivity index (χ1) is 9.33. The van der Waals surface area contributed by atoms with Gasteiger partial charge in [0.2, 0.25) is 0 Å². The Bertz CT molecular complexity index is 572. The average Bonchev–Trinajstić information content (AvgIpc) is 2.47. The molecule has 0 amide bonds. The fourth-order valence-electron chi connectivity index (χ4n) is 1.95. The van der Waals surface area contributed by atoms with Gasteiger partial charge in [-0.25, -0.2) is 4.98 Å². The van der Waals surface area contributed by atoms with E-state index in [1.165, 1.54) is 0 Å². The number of anilines is 1. The maximum Gasteiger partial charge on any atom is 0.166 e. The van der Waals surface area contributed by atoms with Crippen molar-refractivity contribution >= 4 is 17.3 Å². The number of fused-ring (bicyclic) bond motifs is 1. The van der Waals surface area contributed by atoms with E-state index in [1.807, 2.05) is 24.3 Å². The van der Waals surface area contributed by atoms with Crippen molar-refractivity contribution in [3.05, 3.63) is 47.2 Å². The van der Waals surface area contributed by atoms with Crippen molar-refractivity contribution in [3.8, 4) is 11.5 Å². The van der Waals surface area contributed by atoms with Gasteiger partial charge in [0.15, 0.2) is 11.5 Å². The van der Waals surface area contributed by atoms with Gasteiger partial charge < -0.3 is 14.8 Å². The summed E-state index contributed by atoms with van der Waals surface area (Å²) in [6, 6.07) is 9.54. The van der Waals surface area contributed by atoms with Crippen molar-refractivity contribution < 1.29 is 9.47 Å². The lowest BCUT2D eigenvalue weighted by molar-refractivity contribution is 0.170. The molecule has 1 aliphatic heterocycles. The van der Waals surface area contributed by atoms with Crippen molar-refractivity contribution in [3.63, 3.8) is 0 Å². The molecule has 1 aromatic heterocycles. The van der Waals surface area contributed by atoms with E-state index in [4.69, 9.17) is 21.1 Å². The number of rotatable bonds is 3. The van der Waals surface area contributed by atoms with Crippen LogP contribution in [0.5, 0.6) is 11.5 Å². The molecular weight excluding hydrogens is 264 g/mol. The van der Waals surface area contributed by atoms with E-state index in [0.717, 1.165) is 22.7 Å². The Labute approximate surface area is 116 Å². The van der Waals surface area contributed by atoms with Crippen LogP contribution in [-0.2, 0) is 6.54 Å². The summed E-state index contributed by atoms with van der Waals surface area (Å²) in [5.74, 6) is 1.63. The number of pyridine rings is 1. The zero-order valence-corrected chi connectivity index (χ0v) is 11.0. The van der Waals surface area contributed by atoms with Crippen LogP contribution in [0.25, 0.3) is 0 Å². The highest BCUT2D eigenvalue weighted by Gasteiger charge is 2.15. The number of para-hydroxylation sites is 1. The normalized spacial score (nSPS) is 13.1. The van der Waals surface area contributed by atoms with Crippen LogP contribution in [0.1, 0.15) is 5.56 Å². The van der Waals surface area contributed by atoms with Crippen LogP contribution in [0.3, 0.4) is 0 Å². The highest BCUT2D eigenvalue weighted by atomic mass is 35.5. The molecule has 0 fully saturated rings. The molecule has 3 rings (SSSR count). The van der Waals surface area contributed by atoms with E-state index in [1.54, 1.807) is 12.3 Å². The van der Waals surface area contributed by atoms with Crippen LogP contribution in [0.2, 0.25) is 5.15 Å². The number of hydrogen-bond donors (Lipinski definition) is 1. The van der Waals surface area contributed by atoms with Crippen molar-refractivity contribution in [2.24, 2.45) is 0 Å². The second-order valence-electron chi connectivity index (χ2n) is 4.16. The predicted molar refractivity (Wildman–Crippen MR) is 74.0 cm³/mol. The van der Waals surface area contributed by atoms with E-state index in [0.29, 0.717) is 24.9 Å². The van der Waals surface area contributed by atoms with Gasteiger partial charge in [-0.05, 0) is 18.2 Å². The van der Waals surface area contributed by atoms with Gasteiger partial charge in [-0.3, -0.25) is 0 Å². The fraction of sp³-hybridized carbons (Fsp3) is 0.214. The second kappa shape index (κ2) is 5.36. The van der Waals surface area contributed by atoms with Crippen LogP contribution >= 0.6 is 11.6 Å². The highest BCUT2D eigenvalue weighted by molar-refractivity contribution is 6.29. The lowest BCUT2D eigenvalue weighted by Crippen LogP contribution is -2.17. The predicted octanol–water partition coefficient (Wildman–Crippen LogP) is 3.12. The Morgan fingerprint density at radius 3 is 2.89 bits per heavy atom. The van der Waals surface area contributed by atoms with Gasteiger partial charge >= 0.3 is 0 Å². The molecule has 1 N–H and O–H groups in total. The maximum atomic E-state index is 5.75. The fourth-order valence-corrected chi connectivity index (χ4v) is 2.06. The molecule has 98 valence electrons. The minimum absolute atomic E-state index is 0.486. The van der Waals surface area contributed by atoms with Crippen molar-refractivity contribution in [1.82, 2.24) is 4.98 Å². The summed E-state index contributed by atoms with van der Waals surface area (Å²) in [6.07, 6.45) is 1.70. The Morgan fingerprint density at radius 2 is 2.05 bits per heavy atom. The van der Waals surface area contributed by atoms with Gasteiger partial charge in [0.25, 0.3) is 0 Å². The molecule has 0 saturated carbocycles. The van der Waals surface area contributed by atoms with E-state index in [2.05, 4.69) is 10.3 Å². The molecule has 0 aliphatic carbocycles. The average molecular weight is 277 g/mol. The lowest BCUT2D eigenvalue weighted by atomic mass is 10.1. The van der Waals surface area contributed by atoms with Gasteiger partial charge in [-0.1, -0.05) is 23.7 Å². The first kappa shape index (κ1) is 12.1. The maximum absolute atomic E-state index is 5.75. The van der Waals surface area contributed by atoms with E-state index in [9.17, 15) is 0 Å². The van der Waals surface area contributed by atoms with Crippen LogP contribution in [0.4, 0.5) is 5.69 Å². The first-order valence-electron chi connectivity index (χ1n) is 6.06. The summed E-state index contributed by atoms with van der Waals surface area (Å²) < 4.78 is 11.2. The zero-order valence-electron chi connectivity index (χ0n) is 10.2. The number of benzene rings is 1. The third-order valence-corrected chi connectivity index (χ3v) is 3.08. The third-order valence-electron chi connectivity index (χ3n) is 2.86. The van der Waals surface area contributed by atoms with Crippen molar-refractivity contribution in [1.29, 1.82) is 0 Å². The summed E-state index contributed by atoms with van der Waals surface area (Å²) in [7, 11) is 0. The van der Waals surface area contributed by atoms with E-state index < -0.39 is 0 Å². The van der Waals surface area contributed by atoms with Crippen LogP contribution < -0.4 is 14.8 Å². The lowest BCUT2D eigenvalue weighted by Gasteiger charge is -2.21. The van der Waals surface area contributed by atoms with Gasteiger partial charge in [0.1, 0.15) is 18.4 Å². The Kier molecular flexibility index (Phi) is 3.42. The zero-order chi connectivity index (χ0) is 13.1. The molecule has 0 radical (unpaired) electrons. The first-order valence-corrected chi connectivity index (χ1v) is 6.43. The van der Waals surface area contributed by atoms with E-state index in [-0.39, 0.29) is 0 Å².